The summed E-state index contributed by atoms with van der Waals surface area (Å²) in [4.78, 5) is 0. The Morgan fingerprint density at radius 3 is 2.33 bits per heavy atom. The molecule has 0 heterocycles. The van der Waals surface area contributed by atoms with Crippen LogP contribution < -0.4 is 0 Å². The van der Waals surface area contributed by atoms with E-state index in [1.54, 1.807) is 0 Å². The highest BCUT2D eigenvalue weighted by Crippen LogP contribution is 2.30. The Morgan fingerprint density at radius 1 is 0.833 bits per heavy atom. The summed E-state index contributed by atoms with van der Waals surface area (Å²) in [6.45, 7) is 0. The Hall–Kier alpha value is 0.650. The molecule has 2 rings (SSSR count). The lowest BCUT2D eigenvalue weighted by Crippen LogP contribution is -2.35. The predicted octanol–water partition coefficient (Wildman–Crippen LogP) is 4.49. The minimum atomic E-state index is 0.435. The van der Waals surface area contributed by atoms with Gasteiger partial charge in [0.25, 0.3) is 0 Å². The first-order valence-electron chi connectivity index (χ1n) is 7.62. The fourth-order valence-corrected chi connectivity index (χ4v) is 4.21. The number of rotatable bonds is 3. The van der Waals surface area contributed by atoms with Crippen LogP contribution in [0.2, 0.25) is 0 Å². The molecule has 0 aromatic rings. The molecule has 0 aliphatic heterocycles. The van der Waals surface area contributed by atoms with Crippen LogP contribution in [0.5, 0.6) is 0 Å². The Bertz CT molecular complexity index is 235. The molecule has 0 saturated heterocycles. The molecule has 0 N–H and O–H groups in total. The number of methoxy groups -OCH3 is 1. The van der Waals surface area contributed by atoms with Crippen LogP contribution >= 0.6 is 22.6 Å². The van der Waals surface area contributed by atoms with E-state index in [9.17, 15) is 0 Å². The molecule has 0 aromatic carbocycles. The molecule has 2 fully saturated rings. The second kappa shape index (κ2) is 8.05. The van der Waals surface area contributed by atoms with E-state index in [1.807, 2.05) is 7.11 Å². The van der Waals surface area contributed by atoms with E-state index in [-0.39, 0.29) is 0 Å². The number of halogens is 1. The van der Waals surface area contributed by atoms with Crippen molar-refractivity contribution in [2.24, 2.45) is 0 Å². The average Bonchev–Trinajstić information content (AvgIpc) is 2.39. The molecule has 4 atom stereocenters. The molecule has 2 aliphatic rings. The summed E-state index contributed by atoms with van der Waals surface area (Å²) >= 11 is 2.62. The number of ether oxygens (including phenoxy) is 2. The highest BCUT2D eigenvalue weighted by Gasteiger charge is 2.28. The highest BCUT2D eigenvalue weighted by molar-refractivity contribution is 14.1. The van der Waals surface area contributed by atoms with Crippen LogP contribution in [0.25, 0.3) is 0 Å². The molecule has 0 spiro atoms. The molecule has 106 valence electrons. The smallest absolute Gasteiger partial charge is 0.0696 e. The quantitative estimate of drug-likeness (QED) is 0.541. The van der Waals surface area contributed by atoms with Crippen molar-refractivity contribution in [1.82, 2.24) is 0 Å². The normalized spacial score (nSPS) is 39.0. The third-order valence-corrected chi connectivity index (χ3v) is 5.83. The zero-order chi connectivity index (χ0) is 12.8. The van der Waals surface area contributed by atoms with Gasteiger partial charge in [0.05, 0.1) is 18.3 Å². The van der Waals surface area contributed by atoms with Gasteiger partial charge in [-0.05, 0) is 38.5 Å². The first-order valence-corrected chi connectivity index (χ1v) is 8.86. The van der Waals surface area contributed by atoms with E-state index < -0.39 is 0 Å². The summed E-state index contributed by atoms with van der Waals surface area (Å²) in [5.41, 5.74) is 0. The van der Waals surface area contributed by atoms with E-state index in [0.717, 1.165) is 6.42 Å². The van der Waals surface area contributed by atoms with Crippen molar-refractivity contribution in [1.29, 1.82) is 0 Å². The summed E-state index contributed by atoms with van der Waals surface area (Å²) in [6, 6.07) is 0. The van der Waals surface area contributed by atoms with Crippen LogP contribution in [0.4, 0.5) is 0 Å². The molecule has 2 aliphatic carbocycles. The van der Waals surface area contributed by atoms with Crippen molar-refractivity contribution >= 4 is 22.6 Å². The van der Waals surface area contributed by atoms with Gasteiger partial charge in [0.15, 0.2) is 0 Å². The first-order chi connectivity index (χ1) is 8.79. The lowest BCUT2D eigenvalue weighted by atomic mass is 9.93. The standard InChI is InChI=1S/C15H27IO2/c1-17-12-7-6-8-13(11-12)18-15-10-5-3-2-4-9-14(15)16/h12-15H,2-11H2,1H3. The van der Waals surface area contributed by atoms with Crippen LogP contribution in [0.3, 0.4) is 0 Å². The lowest BCUT2D eigenvalue weighted by Gasteiger charge is -2.34. The molecule has 2 saturated carbocycles. The minimum Gasteiger partial charge on any atom is -0.381 e. The van der Waals surface area contributed by atoms with Gasteiger partial charge in [-0.1, -0.05) is 48.3 Å². The van der Waals surface area contributed by atoms with E-state index in [0.29, 0.717) is 22.2 Å². The topological polar surface area (TPSA) is 18.5 Å². The Labute approximate surface area is 125 Å². The van der Waals surface area contributed by atoms with Crippen molar-refractivity contribution < 1.29 is 9.47 Å². The van der Waals surface area contributed by atoms with Gasteiger partial charge in [0.2, 0.25) is 0 Å². The van der Waals surface area contributed by atoms with Gasteiger partial charge in [-0.25, -0.2) is 0 Å². The molecule has 18 heavy (non-hydrogen) atoms. The second-order valence-corrected chi connectivity index (χ2v) is 7.43. The summed E-state index contributed by atoms with van der Waals surface area (Å²) in [6.07, 6.45) is 14.4. The van der Waals surface area contributed by atoms with Gasteiger partial charge in [-0.2, -0.15) is 0 Å². The molecule has 0 aromatic heterocycles. The molecular weight excluding hydrogens is 339 g/mol. The van der Waals surface area contributed by atoms with Crippen molar-refractivity contribution in [3.63, 3.8) is 0 Å². The third kappa shape index (κ3) is 4.64. The summed E-state index contributed by atoms with van der Waals surface area (Å²) in [7, 11) is 1.84. The van der Waals surface area contributed by atoms with Crippen LogP contribution in [0, 0.1) is 0 Å². The van der Waals surface area contributed by atoms with Crippen molar-refractivity contribution in [2.75, 3.05) is 7.11 Å². The number of hydrogen-bond donors (Lipinski definition) is 0. The van der Waals surface area contributed by atoms with Crippen LogP contribution in [-0.2, 0) is 9.47 Å². The molecule has 2 nitrogen and oxygen atoms in total. The number of alkyl halides is 1. The third-order valence-electron chi connectivity index (χ3n) is 4.40. The van der Waals surface area contributed by atoms with Crippen molar-refractivity contribution in [3.8, 4) is 0 Å². The average molecular weight is 366 g/mol. The van der Waals surface area contributed by atoms with Gasteiger partial charge in [-0.15, -0.1) is 0 Å². The Morgan fingerprint density at radius 2 is 1.56 bits per heavy atom. The molecule has 4 unspecified atom stereocenters. The van der Waals surface area contributed by atoms with Gasteiger partial charge in [-0.3, -0.25) is 0 Å². The zero-order valence-electron chi connectivity index (χ0n) is 11.6. The Balaban J connectivity index is 1.81. The van der Waals surface area contributed by atoms with E-state index in [1.165, 1.54) is 57.8 Å². The molecule has 0 amide bonds. The lowest BCUT2D eigenvalue weighted by molar-refractivity contribution is -0.0680. The van der Waals surface area contributed by atoms with Gasteiger partial charge < -0.3 is 9.47 Å². The zero-order valence-corrected chi connectivity index (χ0v) is 13.7. The molecule has 0 bridgehead atoms. The summed E-state index contributed by atoms with van der Waals surface area (Å²) in [5, 5.41) is 0. The molecule has 3 heteroatoms. The van der Waals surface area contributed by atoms with Crippen molar-refractivity contribution in [2.45, 2.75) is 86.4 Å². The SMILES string of the molecule is COC1CCCC(OC2CCCCCCC2I)C1. The van der Waals surface area contributed by atoms with Crippen LogP contribution in [0.1, 0.15) is 64.2 Å². The van der Waals surface area contributed by atoms with Gasteiger partial charge in [0.1, 0.15) is 0 Å². The van der Waals surface area contributed by atoms with Crippen molar-refractivity contribution in [3.05, 3.63) is 0 Å². The largest absolute Gasteiger partial charge is 0.381 e. The fraction of sp³-hybridized carbons (Fsp3) is 1.00. The van der Waals surface area contributed by atoms with Crippen LogP contribution in [-0.4, -0.2) is 29.3 Å². The van der Waals surface area contributed by atoms with Gasteiger partial charge >= 0.3 is 0 Å². The predicted molar refractivity (Wildman–Crippen MR) is 83.4 cm³/mol. The fourth-order valence-electron chi connectivity index (χ4n) is 3.25. The molecular formula is C15H27IO2. The summed E-state index contributed by atoms with van der Waals surface area (Å²) < 4.78 is 12.6. The maximum atomic E-state index is 6.42. The maximum Gasteiger partial charge on any atom is 0.0696 e. The summed E-state index contributed by atoms with van der Waals surface area (Å²) in [5.74, 6) is 0. The maximum absolute atomic E-state index is 6.42. The van der Waals surface area contributed by atoms with E-state index in [4.69, 9.17) is 9.47 Å². The van der Waals surface area contributed by atoms with Gasteiger partial charge in [0, 0.05) is 11.0 Å². The van der Waals surface area contributed by atoms with Crippen LogP contribution in [0.15, 0.2) is 0 Å². The highest BCUT2D eigenvalue weighted by atomic mass is 127. The monoisotopic (exact) mass is 366 g/mol. The molecule has 0 radical (unpaired) electrons. The minimum absolute atomic E-state index is 0.435. The van der Waals surface area contributed by atoms with E-state index >= 15 is 0 Å². The van der Waals surface area contributed by atoms with E-state index in [2.05, 4.69) is 22.6 Å². The second-order valence-electron chi connectivity index (χ2n) is 5.83. The number of hydrogen-bond acceptors (Lipinski definition) is 2. The first kappa shape index (κ1) is 15.0. The Kier molecular flexibility index (Phi) is 6.73.